The average Bonchev–Trinajstić information content (AvgIpc) is 3.08. The van der Waals surface area contributed by atoms with Crippen molar-refractivity contribution in [1.29, 1.82) is 0 Å². The van der Waals surface area contributed by atoms with Gasteiger partial charge in [-0.15, -0.1) is 10.2 Å². The second-order valence-electron chi connectivity index (χ2n) is 4.33. The molecule has 0 aromatic carbocycles. The molecule has 0 bridgehead atoms. The van der Waals surface area contributed by atoms with Gasteiger partial charge < -0.3 is 10.1 Å². The number of nitrogens with one attached hydrogen (secondary N) is 1. The summed E-state index contributed by atoms with van der Waals surface area (Å²) in [6, 6.07) is 3.91. The topological polar surface area (TPSA) is 64.1 Å². The molecule has 1 aliphatic carbocycles. The van der Waals surface area contributed by atoms with Gasteiger partial charge in [-0.1, -0.05) is 13.3 Å². The van der Waals surface area contributed by atoms with Crippen molar-refractivity contribution in [3.05, 3.63) is 17.8 Å². The van der Waals surface area contributed by atoms with Gasteiger partial charge in [-0.2, -0.15) is 0 Å². The standard InChI is InChI=1S/C12H17N3O2/c1-3-4-8-7-10(8)13-11-6-5-9(14-15-11)12(16)17-2/h5-6,8,10H,3-4,7H2,1-2H3,(H,13,15). The molecule has 0 radical (unpaired) electrons. The van der Waals surface area contributed by atoms with E-state index in [1.807, 2.05) is 0 Å². The summed E-state index contributed by atoms with van der Waals surface area (Å²) >= 11 is 0. The summed E-state index contributed by atoms with van der Waals surface area (Å²) in [5.74, 6) is 1.03. The largest absolute Gasteiger partial charge is 0.464 e. The van der Waals surface area contributed by atoms with E-state index in [0.29, 0.717) is 6.04 Å². The lowest BCUT2D eigenvalue weighted by molar-refractivity contribution is 0.0593. The van der Waals surface area contributed by atoms with Crippen molar-refractivity contribution in [2.45, 2.75) is 32.2 Å². The Morgan fingerprint density at radius 3 is 2.94 bits per heavy atom. The lowest BCUT2D eigenvalue weighted by Gasteiger charge is -2.04. The highest BCUT2D eigenvalue weighted by atomic mass is 16.5. The number of methoxy groups -OCH3 is 1. The third kappa shape index (κ3) is 2.93. The summed E-state index contributed by atoms with van der Waals surface area (Å²) in [6.45, 7) is 2.19. The van der Waals surface area contributed by atoms with Gasteiger partial charge >= 0.3 is 5.97 Å². The van der Waals surface area contributed by atoms with Crippen molar-refractivity contribution >= 4 is 11.8 Å². The SMILES string of the molecule is CCCC1CC1Nc1ccc(C(=O)OC)nn1. The van der Waals surface area contributed by atoms with Crippen LogP contribution in [0.25, 0.3) is 0 Å². The Hall–Kier alpha value is -1.65. The summed E-state index contributed by atoms with van der Waals surface area (Å²) in [5, 5.41) is 11.1. The van der Waals surface area contributed by atoms with Crippen LogP contribution in [0.2, 0.25) is 0 Å². The Morgan fingerprint density at radius 1 is 1.53 bits per heavy atom. The summed E-state index contributed by atoms with van der Waals surface area (Å²) < 4.78 is 4.56. The number of carbonyl (C=O) groups excluding carboxylic acids is 1. The predicted molar refractivity (Wildman–Crippen MR) is 63.8 cm³/mol. The zero-order valence-electron chi connectivity index (χ0n) is 10.1. The molecule has 1 aliphatic rings. The van der Waals surface area contributed by atoms with E-state index in [2.05, 4.69) is 27.2 Å². The monoisotopic (exact) mass is 235 g/mol. The molecular formula is C12H17N3O2. The Bertz CT molecular complexity index is 391. The number of nitrogens with zero attached hydrogens (tertiary/aromatic N) is 2. The number of carbonyl (C=O) groups is 1. The van der Waals surface area contributed by atoms with Crippen LogP contribution in [0, 0.1) is 5.92 Å². The minimum absolute atomic E-state index is 0.235. The first-order chi connectivity index (χ1) is 8.24. The summed E-state index contributed by atoms with van der Waals surface area (Å²) in [5.41, 5.74) is 0.235. The second-order valence-corrected chi connectivity index (χ2v) is 4.33. The molecule has 0 aliphatic heterocycles. The fourth-order valence-electron chi connectivity index (χ4n) is 1.93. The van der Waals surface area contributed by atoms with E-state index in [9.17, 15) is 4.79 Å². The van der Waals surface area contributed by atoms with Crippen LogP contribution in [0.5, 0.6) is 0 Å². The van der Waals surface area contributed by atoms with E-state index in [0.717, 1.165) is 11.7 Å². The number of aromatic nitrogens is 2. The van der Waals surface area contributed by atoms with E-state index in [1.165, 1.54) is 26.4 Å². The molecule has 17 heavy (non-hydrogen) atoms. The van der Waals surface area contributed by atoms with Gasteiger partial charge in [0.05, 0.1) is 7.11 Å². The van der Waals surface area contributed by atoms with Crippen molar-refractivity contribution < 1.29 is 9.53 Å². The van der Waals surface area contributed by atoms with Crippen LogP contribution in [0.1, 0.15) is 36.7 Å². The highest BCUT2D eigenvalue weighted by molar-refractivity contribution is 5.86. The third-order valence-electron chi connectivity index (χ3n) is 2.97. The Balaban J connectivity index is 1.89. The molecule has 5 heteroatoms. The first-order valence-corrected chi connectivity index (χ1v) is 5.93. The van der Waals surface area contributed by atoms with Crippen LogP contribution in [-0.4, -0.2) is 29.3 Å². The molecule has 0 spiro atoms. The fraction of sp³-hybridized carbons (Fsp3) is 0.583. The van der Waals surface area contributed by atoms with E-state index >= 15 is 0 Å². The van der Waals surface area contributed by atoms with Gasteiger partial charge in [0.25, 0.3) is 0 Å². The highest BCUT2D eigenvalue weighted by Gasteiger charge is 2.36. The van der Waals surface area contributed by atoms with Crippen LogP contribution in [0.15, 0.2) is 12.1 Å². The molecule has 2 rings (SSSR count). The maximum atomic E-state index is 11.2. The van der Waals surface area contributed by atoms with Gasteiger partial charge in [0.2, 0.25) is 0 Å². The van der Waals surface area contributed by atoms with Gasteiger partial charge in [0.15, 0.2) is 5.69 Å². The van der Waals surface area contributed by atoms with Crippen LogP contribution >= 0.6 is 0 Å². The molecular weight excluding hydrogens is 218 g/mol. The van der Waals surface area contributed by atoms with Crippen molar-refractivity contribution in [2.24, 2.45) is 5.92 Å². The molecule has 1 N–H and O–H groups in total. The summed E-state index contributed by atoms with van der Waals surface area (Å²) in [6.07, 6.45) is 3.68. The van der Waals surface area contributed by atoms with E-state index < -0.39 is 5.97 Å². The number of rotatable bonds is 5. The van der Waals surface area contributed by atoms with Crippen molar-refractivity contribution in [3.8, 4) is 0 Å². The number of esters is 1. The van der Waals surface area contributed by atoms with Crippen LogP contribution < -0.4 is 5.32 Å². The predicted octanol–water partition coefficient (Wildman–Crippen LogP) is 1.86. The van der Waals surface area contributed by atoms with Crippen LogP contribution in [0.3, 0.4) is 0 Å². The Labute approximate surface area is 101 Å². The zero-order valence-corrected chi connectivity index (χ0v) is 10.1. The van der Waals surface area contributed by atoms with Gasteiger partial charge in [-0.05, 0) is 30.9 Å². The van der Waals surface area contributed by atoms with Gasteiger partial charge in [0.1, 0.15) is 5.82 Å². The van der Waals surface area contributed by atoms with Crippen molar-refractivity contribution in [3.63, 3.8) is 0 Å². The number of hydrogen-bond donors (Lipinski definition) is 1. The number of ether oxygens (including phenoxy) is 1. The Kier molecular flexibility index (Phi) is 3.56. The lowest BCUT2D eigenvalue weighted by atomic mass is 10.2. The lowest BCUT2D eigenvalue weighted by Crippen LogP contribution is -2.10. The molecule has 1 saturated carbocycles. The molecule has 1 aromatic heterocycles. The summed E-state index contributed by atoms with van der Waals surface area (Å²) in [7, 11) is 1.33. The number of hydrogen-bond acceptors (Lipinski definition) is 5. The van der Waals surface area contributed by atoms with Crippen LogP contribution in [-0.2, 0) is 4.74 Å². The molecule has 2 atom stereocenters. The first-order valence-electron chi connectivity index (χ1n) is 5.93. The van der Waals surface area contributed by atoms with E-state index in [1.54, 1.807) is 12.1 Å². The molecule has 92 valence electrons. The molecule has 0 saturated heterocycles. The van der Waals surface area contributed by atoms with E-state index in [4.69, 9.17) is 0 Å². The quantitative estimate of drug-likeness (QED) is 0.789. The normalized spacial score (nSPS) is 22.0. The fourth-order valence-corrected chi connectivity index (χ4v) is 1.93. The number of anilines is 1. The van der Waals surface area contributed by atoms with Crippen molar-refractivity contribution in [1.82, 2.24) is 10.2 Å². The molecule has 5 nitrogen and oxygen atoms in total. The van der Waals surface area contributed by atoms with Gasteiger partial charge in [0, 0.05) is 6.04 Å². The highest BCUT2D eigenvalue weighted by Crippen LogP contribution is 2.36. The zero-order chi connectivity index (χ0) is 12.3. The molecule has 0 amide bonds. The minimum atomic E-state index is -0.459. The molecule has 1 aromatic rings. The maximum absolute atomic E-state index is 11.2. The maximum Gasteiger partial charge on any atom is 0.358 e. The third-order valence-corrected chi connectivity index (χ3v) is 2.97. The van der Waals surface area contributed by atoms with Crippen LogP contribution in [0.4, 0.5) is 5.82 Å². The average molecular weight is 235 g/mol. The van der Waals surface area contributed by atoms with Gasteiger partial charge in [-0.25, -0.2) is 4.79 Å². The van der Waals surface area contributed by atoms with Gasteiger partial charge in [-0.3, -0.25) is 0 Å². The second kappa shape index (κ2) is 5.12. The minimum Gasteiger partial charge on any atom is -0.464 e. The Morgan fingerprint density at radius 2 is 2.35 bits per heavy atom. The molecule has 1 heterocycles. The van der Waals surface area contributed by atoms with Crippen molar-refractivity contribution in [2.75, 3.05) is 12.4 Å². The summed E-state index contributed by atoms with van der Waals surface area (Å²) in [4.78, 5) is 11.2. The molecule has 2 unspecified atom stereocenters. The molecule has 1 fully saturated rings. The smallest absolute Gasteiger partial charge is 0.358 e. The van der Waals surface area contributed by atoms with E-state index in [-0.39, 0.29) is 5.69 Å². The first kappa shape index (κ1) is 11.8.